The molecule has 8 bridgehead atoms. The molecule has 8 aromatic carbocycles. The van der Waals surface area contributed by atoms with Crippen molar-refractivity contribution in [2.24, 2.45) is 23.7 Å². The molecule has 4 saturated heterocycles. The van der Waals surface area contributed by atoms with Crippen molar-refractivity contribution in [3.05, 3.63) is 285 Å². The molecule has 8 aliphatic rings. The normalized spacial score (nSPS) is 34.9. The van der Waals surface area contributed by atoms with E-state index in [9.17, 15) is 0 Å². The fraction of sp³-hybridized carbons (Fsp3) is 0.200. The maximum absolute atomic E-state index is 7.49. The van der Waals surface area contributed by atoms with Gasteiger partial charge >= 0.3 is 0 Å². The molecule has 0 unspecified atom stereocenters. The van der Waals surface area contributed by atoms with Crippen LogP contribution < -0.4 is 0 Å². The van der Waals surface area contributed by atoms with Crippen LogP contribution in [0.25, 0.3) is 0 Å². The summed E-state index contributed by atoms with van der Waals surface area (Å²) in [5.74, 6) is 0.889. The van der Waals surface area contributed by atoms with Crippen molar-refractivity contribution in [1.82, 2.24) is 0 Å². The molecule has 4 fully saturated rings. The summed E-state index contributed by atoms with van der Waals surface area (Å²) in [6.07, 6.45) is 0.168. The minimum atomic E-state index is -0.523. The van der Waals surface area contributed by atoms with Crippen LogP contribution in [-0.4, -0.2) is 0 Å². The van der Waals surface area contributed by atoms with Crippen molar-refractivity contribution in [1.29, 1.82) is 0 Å². The van der Waals surface area contributed by atoms with Gasteiger partial charge in [0.25, 0.3) is 0 Å². The first-order valence-corrected chi connectivity index (χ1v) is 23.0. The van der Waals surface area contributed by atoms with Crippen molar-refractivity contribution in [2.45, 2.75) is 46.8 Å². The topological polar surface area (TPSA) is 36.9 Å². The first kappa shape index (κ1) is 36.0. The molecule has 12 atom stereocenters. The Labute approximate surface area is 373 Å². The summed E-state index contributed by atoms with van der Waals surface area (Å²) in [7, 11) is 0. The van der Waals surface area contributed by atoms with Crippen LogP contribution in [0, 0.1) is 23.7 Å². The van der Waals surface area contributed by atoms with Gasteiger partial charge in [-0.1, -0.05) is 218 Å². The first-order valence-electron chi connectivity index (χ1n) is 23.0. The quantitative estimate of drug-likeness (QED) is 0.177. The van der Waals surface area contributed by atoms with E-state index in [1.165, 1.54) is 66.8 Å². The van der Waals surface area contributed by atoms with Crippen LogP contribution in [0.4, 0.5) is 0 Å². The summed E-state index contributed by atoms with van der Waals surface area (Å²) in [5, 5.41) is 0. The first-order chi connectivity index (χ1) is 31.7. The average Bonchev–Trinajstić information content (AvgIpc) is 4.27. The van der Waals surface area contributed by atoms with Gasteiger partial charge in [0.2, 0.25) is 0 Å². The second-order valence-electron chi connectivity index (χ2n) is 19.0. The lowest BCUT2D eigenvalue weighted by atomic mass is 9.55. The molecule has 0 saturated carbocycles. The van der Waals surface area contributed by atoms with Gasteiger partial charge in [0.1, 0.15) is 22.4 Å². The third kappa shape index (κ3) is 4.08. The summed E-state index contributed by atoms with van der Waals surface area (Å²) in [5.41, 5.74) is 13.4. The van der Waals surface area contributed by atoms with E-state index in [1.807, 2.05) is 0 Å². The molecule has 4 heteroatoms. The van der Waals surface area contributed by atoms with Gasteiger partial charge in [-0.25, -0.2) is 0 Å². The molecule has 8 aromatic rings. The van der Waals surface area contributed by atoms with Crippen molar-refractivity contribution < 1.29 is 18.9 Å². The summed E-state index contributed by atoms with van der Waals surface area (Å²) in [6, 6.07) is 78.6. The highest BCUT2D eigenvalue weighted by Crippen LogP contribution is 2.80. The minimum absolute atomic E-state index is 0.0420. The number of ether oxygens (including phenoxy) is 4. The highest BCUT2D eigenvalue weighted by molar-refractivity contribution is 5.63. The lowest BCUT2D eigenvalue weighted by Gasteiger charge is -2.41. The Morgan fingerprint density at radius 2 is 0.438 bits per heavy atom. The van der Waals surface area contributed by atoms with Gasteiger partial charge in [-0.2, -0.15) is 0 Å². The zero-order valence-corrected chi connectivity index (χ0v) is 35.0. The lowest BCUT2D eigenvalue weighted by Crippen LogP contribution is -2.42. The Kier molecular flexibility index (Phi) is 7.12. The number of hydrogen-bond donors (Lipinski definition) is 0. The van der Waals surface area contributed by atoms with E-state index in [4.69, 9.17) is 18.9 Å². The largest absolute Gasteiger partial charge is 0.365 e. The standard InChI is InChI=1S/2C30H22O2/c2*1-3-11-19(12-4-1)29-23-17-9-10-18-24(23)30(32-29,20-13-5-2-6-14-20)26-25(29)27-21-15-7-8-16-22(21)28(26)31-27/h2*1-18,25-28H/t2*25-,26+,27+,28-,29-,30+. The van der Waals surface area contributed by atoms with E-state index in [2.05, 4.69) is 218 Å². The van der Waals surface area contributed by atoms with E-state index in [0.717, 1.165) is 0 Å². The van der Waals surface area contributed by atoms with Crippen molar-refractivity contribution in [2.75, 3.05) is 0 Å². The van der Waals surface area contributed by atoms with Gasteiger partial charge in [-0.15, -0.1) is 0 Å². The third-order valence-electron chi connectivity index (χ3n) is 16.7. The van der Waals surface area contributed by atoms with Gasteiger partial charge < -0.3 is 18.9 Å². The number of hydrogen-bond acceptors (Lipinski definition) is 4. The zero-order valence-electron chi connectivity index (χ0n) is 35.0. The van der Waals surface area contributed by atoms with Crippen molar-refractivity contribution in [3.8, 4) is 0 Å². The molecule has 16 rings (SSSR count). The molecular weight excluding hydrogens is 785 g/mol. The van der Waals surface area contributed by atoms with Crippen LogP contribution in [0.15, 0.2) is 218 Å². The Balaban J connectivity index is 0.000000119. The minimum Gasteiger partial charge on any atom is -0.365 e. The van der Waals surface area contributed by atoms with Gasteiger partial charge in [-0.05, 0) is 66.8 Å². The van der Waals surface area contributed by atoms with Crippen LogP contribution in [0.1, 0.15) is 91.2 Å². The van der Waals surface area contributed by atoms with Crippen LogP contribution in [-0.2, 0) is 41.4 Å². The maximum atomic E-state index is 7.49. The molecule has 0 aromatic heterocycles. The molecule has 8 aliphatic heterocycles. The van der Waals surface area contributed by atoms with Gasteiger partial charge in [0.15, 0.2) is 0 Å². The van der Waals surface area contributed by atoms with E-state index in [0.29, 0.717) is 0 Å². The second-order valence-corrected chi connectivity index (χ2v) is 19.0. The fourth-order valence-electron chi connectivity index (χ4n) is 14.7. The van der Waals surface area contributed by atoms with E-state index < -0.39 is 22.4 Å². The summed E-state index contributed by atoms with van der Waals surface area (Å²) < 4.78 is 28.6. The van der Waals surface area contributed by atoms with E-state index >= 15 is 0 Å². The summed E-state index contributed by atoms with van der Waals surface area (Å²) >= 11 is 0. The van der Waals surface area contributed by atoms with E-state index in [-0.39, 0.29) is 48.1 Å². The summed E-state index contributed by atoms with van der Waals surface area (Å²) in [4.78, 5) is 0. The molecule has 0 N–H and O–H groups in total. The molecular formula is C60H44O4. The van der Waals surface area contributed by atoms with Gasteiger partial charge in [0.05, 0.1) is 24.4 Å². The fourth-order valence-corrected chi connectivity index (χ4v) is 14.7. The molecule has 308 valence electrons. The molecule has 64 heavy (non-hydrogen) atoms. The van der Waals surface area contributed by atoms with Crippen molar-refractivity contribution in [3.63, 3.8) is 0 Å². The second kappa shape index (κ2) is 12.7. The molecule has 8 heterocycles. The number of benzene rings is 8. The zero-order chi connectivity index (χ0) is 41.8. The predicted molar refractivity (Wildman–Crippen MR) is 244 cm³/mol. The van der Waals surface area contributed by atoms with Gasteiger partial charge in [-0.3, -0.25) is 0 Å². The smallest absolute Gasteiger partial charge is 0.126 e. The Hall–Kier alpha value is -6.40. The van der Waals surface area contributed by atoms with Crippen LogP contribution in [0.3, 0.4) is 0 Å². The molecule has 0 amide bonds. The molecule has 0 radical (unpaired) electrons. The van der Waals surface area contributed by atoms with Crippen molar-refractivity contribution >= 4 is 0 Å². The lowest BCUT2D eigenvalue weighted by molar-refractivity contribution is -0.103. The molecule has 0 spiro atoms. The summed E-state index contributed by atoms with van der Waals surface area (Å²) in [6.45, 7) is 0. The highest BCUT2D eigenvalue weighted by atomic mass is 16.6. The Morgan fingerprint density at radius 1 is 0.234 bits per heavy atom. The maximum Gasteiger partial charge on any atom is 0.126 e. The highest BCUT2D eigenvalue weighted by Gasteiger charge is 2.80. The van der Waals surface area contributed by atoms with Crippen LogP contribution in [0.5, 0.6) is 0 Å². The number of fused-ring (bicyclic) bond motifs is 30. The predicted octanol–water partition coefficient (Wildman–Crippen LogP) is 12.6. The Morgan fingerprint density at radius 3 is 0.672 bits per heavy atom. The molecule has 4 nitrogen and oxygen atoms in total. The van der Waals surface area contributed by atoms with Gasteiger partial charge in [0, 0.05) is 23.7 Å². The van der Waals surface area contributed by atoms with Crippen LogP contribution >= 0.6 is 0 Å². The Bertz CT molecular complexity index is 2730. The molecule has 0 aliphatic carbocycles. The van der Waals surface area contributed by atoms with Crippen LogP contribution in [0.2, 0.25) is 0 Å². The number of rotatable bonds is 4. The van der Waals surface area contributed by atoms with E-state index in [1.54, 1.807) is 0 Å². The SMILES string of the molecule is c1ccc([C@@]23O[C@@](c4ccccc4)(c4ccccc42)[C@H]2[C@@H]3[C@H]3O[C@@H]2c2ccccc23)cc1.c1ccc([C@@]23O[C@@](c4ccccc4)(c4ccccc42)[C@H]2[C@@H]3[C@H]3O[C@@H]2c2ccccc23)cc1. The monoisotopic (exact) mass is 828 g/mol. The average molecular weight is 829 g/mol. The third-order valence-corrected chi connectivity index (χ3v) is 16.7.